The standard InChI is InChI=1S/C23H25BrO3/c1-22(2)10-11-23(3,4)18-13-19(24)16(12-17(18)22)20(25)14-6-8-15(9-7-14)21(26)27-5/h6-9,12-13H,10-11H2,1-5H3. The Hall–Kier alpha value is -1.94. The fraction of sp³-hybridized carbons (Fsp3) is 0.391. The van der Waals surface area contributed by atoms with E-state index < -0.39 is 5.97 Å². The number of fused-ring (bicyclic) bond motifs is 1. The zero-order chi connectivity index (χ0) is 20.0. The Morgan fingerprint density at radius 3 is 1.89 bits per heavy atom. The highest BCUT2D eigenvalue weighted by Crippen LogP contribution is 2.47. The number of carbonyl (C=O) groups excluding carboxylic acids is 2. The summed E-state index contributed by atoms with van der Waals surface area (Å²) in [6.07, 6.45) is 2.22. The molecule has 0 fully saturated rings. The molecule has 0 spiro atoms. The van der Waals surface area contributed by atoms with Crippen molar-refractivity contribution in [2.24, 2.45) is 0 Å². The Morgan fingerprint density at radius 2 is 1.37 bits per heavy atom. The van der Waals surface area contributed by atoms with Gasteiger partial charge in [-0.2, -0.15) is 0 Å². The van der Waals surface area contributed by atoms with E-state index >= 15 is 0 Å². The Kier molecular flexibility index (Phi) is 5.06. The second-order valence-corrected chi connectivity index (χ2v) is 9.40. The van der Waals surface area contributed by atoms with Gasteiger partial charge in [-0.3, -0.25) is 4.79 Å². The van der Waals surface area contributed by atoms with Crippen LogP contribution in [0, 0.1) is 0 Å². The van der Waals surface area contributed by atoms with Crippen LogP contribution in [0.15, 0.2) is 40.9 Å². The van der Waals surface area contributed by atoms with E-state index in [0.717, 1.165) is 17.3 Å². The van der Waals surface area contributed by atoms with Crippen molar-refractivity contribution in [3.05, 3.63) is 68.7 Å². The van der Waals surface area contributed by atoms with E-state index in [1.165, 1.54) is 18.2 Å². The van der Waals surface area contributed by atoms with Crippen molar-refractivity contribution in [3.8, 4) is 0 Å². The number of esters is 1. The molecule has 0 heterocycles. The maximum absolute atomic E-state index is 13.1. The topological polar surface area (TPSA) is 43.4 Å². The third-order valence-corrected chi connectivity index (χ3v) is 6.41. The van der Waals surface area contributed by atoms with E-state index in [2.05, 4.69) is 55.8 Å². The number of hydrogen-bond acceptors (Lipinski definition) is 3. The minimum absolute atomic E-state index is 0.0370. The maximum atomic E-state index is 13.1. The van der Waals surface area contributed by atoms with E-state index in [1.807, 2.05) is 0 Å². The van der Waals surface area contributed by atoms with Crippen LogP contribution in [0.2, 0.25) is 0 Å². The van der Waals surface area contributed by atoms with Gasteiger partial charge in [0.1, 0.15) is 0 Å². The molecule has 27 heavy (non-hydrogen) atoms. The van der Waals surface area contributed by atoms with Crippen molar-refractivity contribution in [1.29, 1.82) is 0 Å². The van der Waals surface area contributed by atoms with E-state index in [-0.39, 0.29) is 16.6 Å². The largest absolute Gasteiger partial charge is 0.465 e. The summed E-state index contributed by atoms with van der Waals surface area (Å²) in [4.78, 5) is 24.7. The van der Waals surface area contributed by atoms with Gasteiger partial charge in [-0.25, -0.2) is 4.79 Å². The Bertz CT molecular complexity index is 908. The first-order valence-electron chi connectivity index (χ1n) is 9.14. The van der Waals surface area contributed by atoms with E-state index in [0.29, 0.717) is 16.7 Å². The fourth-order valence-corrected chi connectivity index (χ4v) is 4.32. The number of hydrogen-bond donors (Lipinski definition) is 0. The highest BCUT2D eigenvalue weighted by molar-refractivity contribution is 9.10. The molecule has 2 aromatic rings. The first-order valence-corrected chi connectivity index (χ1v) is 9.94. The van der Waals surface area contributed by atoms with Crippen LogP contribution in [0.3, 0.4) is 0 Å². The number of ketones is 1. The van der Waals surface area contributed by atoms with Crippen LogP contribution in [0.4, 0.5) is 0 Å². The lowest BCUT2D eigenvalue weighted by Gasteiger charge is -2.42. The molecule has 0 N–H and O–H groups in total. The third kappa shape index (κ3) is 3.60. The summed E-state index contributed by atoms with van der Waals surface area (Å²) in [5, 5.41) is 0. The summed E-state index contributed by atoms with van der Waals surface area (Å²) in [6.45, 7) is 9.02. The molecule has 0 amide bonds. The van der Waals surface area contributed by atoms with Crippen molar-refractivity contribution < 1.29 is 14.3 Å². The van der Waals surface area contributed by atoms with Crippen LogP contribution in [0.5, 0.6) is 0 Å². The number of carbonyl (C=O) groups is 2. The minimum Gasteiger partial charge on any atom is -0.465 e. The normalized spacial score (nSPS) is 17.1. The zero-order valence-electron chi connectivity index (χ0n) is 16.5. The summed E-state index contributed by atoms with van der Waals surface area (Å²) in [5.74, 6) is -0.465. The molecule has 0 aliphatic heterocycles. The van der Waals surface area contributed by atoms with Gasteiger partial charge in [0, 0.05) is 15.6 Å². The van der Waals surface area contributed by atoms with Gasteiger partial charge in [0.15, 0.2) is 5.78 Å². The summed E-state index contributed by atoms with van der Waals surface area (Å²) < 4.78 is 5.53. The number of methoxy groups -OCH3 is 1. The van der Waals surface area contributed by atoms with Crippen LogP contribution in [-0.2, 0) is 15.6 Å². The molecule has 0 radical (unpaired) electrons. The summed E-state index contributed by atoms with van der Waals surface area (Å²) in [7, 11) is 1.34. The molecule has 3 rings (SSSR count). The highest BCUT2D eigenvalue weighted by atomic mass is 79.9. The molecule has 0 saturated heterocycles. The maximum Gasteiger partial charge on any atom is 0.337 e. The second-order valence-electron chi connectivity index (χ2n) is 8.54. The zero-order valence-corrected chi connectivity index (χ0v) is 18.1. The fourth-order valence-electron chi connectivity index (χ4n) is 3.79. The summed E-state index contributed by atoms with van der Waals surface area (Å²) in [6, 6.07) is 10.8. The quantitative estimate of drug-likeness (QED) is 0.457. The molecular formula is C23H25BrO3. The Labute approximate surface area is 169 Å². The van der Waals surface area contributed by atoms with Crippen LogP contribution < -0.4 is 0 Å². The van der Waals surface area contributed by atoms with Crippen LogP contribution in [-0.4, -0.2) is 18.9 Å². The predicted molar refractivity (Wildman–Crippen MR) is 111 cm³/mol. The number of benzene rings is 2. The molecule has 0 unspecified atom stereocenters. The second kappa shape index (κ2) is 6.90. The Balaban J connectivity index is 2.05. The molecule has 3 nitrogen and oxygen atoms in total. The van der Waals surface area contributed by atoms with Gasteiger partial charge in [0.25, 0.3) is 0 Å². The number of ether oxygens (including phenoxy) is 1. The van der Waals surface area contributed by atoms with Crippen molar-refractivity contribution in [2.75, 3.05) is 7.11 Å². The lowest BCUT2D eigenvalue weighted by Crippen LogP contribution is -2.34. The molecule has 1 aliphatic carbocycles. The van der Waals surface area contributed by atoms with Crippen molar-refractivity contribution in [3.63, 3.8) is 0 Å². The average Bonchev–Trinajstić information content (AvgIpc) is 2.64. The predicted octanol–water partition coefficient (Wildman–Crippen LogP) is 5.82. The smallest absolute Gasteiger partial charge is 0.337 e. The highest BCUT2D eigenvalue weighted by Gasteiger charge is 2.38. The van der Waals surface area contributed by atoms with Gasteiger partial charge in [0.2, 0.25) is 0 Å². The van der Waals surface area contributed by atoms with E-state index in [4.69, 9.17) is 4.74 Å². The van der Waals surface area contributed by atoms with E-state index in [1.54, 1.807) is 24.3 Å². The average molecular weight is 429 g/mol. The minimum atomic E-state index is -0.409. The van der Waals surface area contributed by atoms with Gasteiger partial charge < -0.3 is 4.74 Å². The van der Waals surface area contributed by atoms with Gasteiger partial charge in [0.05, 0.1) is 12.7 Å². The van der Waals surface area contributed by atoms with Crippen molar-refractivity contribution in [1.82, 2.24) is 0 Å². The molecular weight excluding hydrogens is 404 g/mol. The first kappa shape index (κ1) is 19.8. The van der Waals surface area contributed by atoms with Crippen LogP contribution in [0.1, 0.15) is 77.9 Å². The SMILES string of the molecule is COC(=O)c1ccc(C(=O)c2cc3c(cc2Br)C(C)(C)CCC3(C)C)cc1. The molecule has 0 bridgehead atoms. The summed E-state index contributed by atoms with van der Waals surface area (Å²) in [5.41, 5.74) is 4.33. The van der Waals surface area contributed by atoms with Gasteiger partial charge >= 0.3 is 5.97 Å². The molecule has 2 aromatic carbocycles. The number of halogens is 1. The van der Waals surface area contributed by atoms with Gasteiger partial charge in [-0.15, -0.1) is 0 Å². The molecule has 0 saturated carbocycles. The van der Waals surface area contributed by atoms with Crippen LogP contribution in [0.25, 0.3) is 0 Å². The first-order chi connectivity index (χ1) is 12.6. The molecule has 0 atom stereocenters. The lowest BCUT2D eigenvalue weighted by molar-refractivity contribution is 0.0600. The van der Waals surface area contributed by atoms with E-state index in [9.17, 15) is 9.59 Å². The molecule has 4 heteroatoms. The van der Waals surface area contributed by atoms with Crippen molar-refractivity contribution >= 4 is 27.7 Å². The molecule has 1 aliphatic rings. The Morgan fingerprint density at radius 1 is 0.889 bits per heavy atom. The third-order valence-electron chi connectivity index (χ3n) is 5.75. The van der Waals surface area contributed by atoms with Crippen molar-refractivity contribution in [2.45, 2.75) is 51.4 Å². The summed E-state index contributed by atoms with van der Waals surface area (Å²) >= 11 is 3.62. The number of rotatable bonds is 3. The van der Waals surface area contributed by atoms with Gasteiger partial charge in [-0.05, 0) is 59.1 Å². The van der Waals surface area contributed by atoms with Crippen LogP contribution >= 0.6 is 15.9 Å². The van der Waals surface area contributed by atoms with Gasteiger partial charge in [-0.1, -0.05) is 55.8 Å². The lowest BCUT2D eigenvalue weighted by atomic mass is 9.63. The monoisotopic (exact) mass is 428 g/mol. The molecule has 142 valence electrons. The molecule has 0 aromatic heterocycles.